The van der Waals surface area contributed by atoms with Gasteiger partial charge < -0.3 is 4.90 Å². The predicted molar refractivity (Wildman–Crippen MR) is 58.9 cm³/mol. The zero-order chi connectivity index (χ0) is 10.7. The molecule has 78 valence electrons. The van der Waals surface area contributed by atoms with E-state index in [2.05, 4.69) is 26.1 Å². The molecule has 2 nitrogen and oxygen atoms in total. The predicted octanol–water partition coefficient (Wildman–Crippen LogP) is 2.38. The number of Topliss-reactive ketones (excluding diaryl/α,β-unsaturated/α-hetero) is 1. The minimum atomic E-state index is 0.316. The lowest BCUT2D eigenvalue weighted by molar-refractivity contribution is -0.116. The SMILES string of the molecule is CC(C)C1=CC(=CN(C)C)CCC1=O. The first-order valence-corrected chi connectivity index (χ1v) is 5.12. The van der Waals surface area contributed by atoms with Crippen LogP contribution in [-0.2, 0) is 4.79 Å². The van der Waals surface area contributed by atoms with Crippen LogP contribution in [0.3, 0.4) is 0 Å². The third-order valence-electron chi connectivity index (χ3n) is 2.35. The lowest BCUT2D eigenvalue weighted by Crippen LogP contribution is -2.14. The first-order valence-electron chi connectivity index (χ1n) is 5.12. The average Bonchev–Trinajstić information content (AvgIpc) is 2.07. The van der Waals surface area contributed by atoms with Gasteiger partial charge in [-0.15, -0.1) is 0 Å². The van der Waals surface area contributed by atoms with Crippen LogP contribution < -0.4 is 0 Å². The van der Waals surface area contributed by atoms with Gasteiger partial charge in [-0.1, -0.05) is 19.9 Å². The fourth-order valence-electron chi connectivity index (χ4n) is 1.68. The van der Waals surface area contributed by atoms with Gasteiger partial charge in [-0.3, -0.25) is 4.79 Å². The summed E-state index contributed by atoms with van der Waals surface area (Å²) < 4.78 is 0. The molecule has 14 heavy (non-hydrogen) atoms. The van der Waals surface area contributed by atoms with E-state index in [1.54, 1.807) is 0 Å². The third kappa shape index (κ3) is 2.72. The highest BCUT2D eigenvalue weighted by atomic mass is 16.1. The van der Waals surface area contributed by atoms with Crippen molar-refractivity contribution in [2.75, 3.05) is 14.1 Å². The van der Waals surface area contributed by atoms with Crippen molar-refractivity contribution in [3.8, 4) is 0 Å². The largest absolute Gasteiger partial charge is 0.383 e. The standard InChI is InChI=1S/C12H19NO/c1-9(2)11-7-10(8-13(3)4)5-6-12(11)14/h7-9H,5-6H2,1-4H3. The second-order valence-corrected chi connectivity index (χ2v) is 4.35. The molecule has 0 atom stereocenters. The van der Waals surface area contributed by atoms with Crippen LogP contribution in [0.5, 0.6) is 0 Å². The number of nitrogens with zero attached hydrogens (tertiary/aromatic N) is 1. The summed E-state index contributed by atoms with van der Waals surface area (Å²) in [4.78, 5) is 13.6. The van der Waals surface area contributed by atoms with Crippen LogP contribution in [-0.4, -0.2) is 24.8 Å². The second kappa shape index (κ2) is 4.45. The van der Waals surface area contributed by atoms with Crippen LogP contribution in [0.1, 0.15) is 26.7 Å². The van der Waals surface area contributed by atoms with E-state index >= 15 is 0 Å². The maximum absolute atomic E-state index is 11.6. The molecule has 1 rings (SSSR count). The molecule has 0 aliphatic heterocycles. The monoisotopic (exact) mass is 193 g/mol. The number of carbonyl (C=O) groups excluding carboxylic acids is 1. The van der Waals surface area contributed by atoms with Crippen LogP contribution >= 0.6 is 0 Å². The number of hydrogen-bond donors (Lipinski definition) is 0. The number of rotatable bonds is 2. The topological polar surface area (TPSA) is 20.3 Å². The maximum atomic E-state index is 11.6. The van der Waals surface area contributed by atoms with Crippen LogP contribution in [0.4, 0.5) is 0 Å². The Kier molecular flexibility index (Phi) is 3.50. The minimum Gasteiger partial charge on any atom is -0.383 e. The van der Waals surface area contributed by atoms with Crippen LogP contribution in [0, 0.1) is 5.92 Å². The van der Waals surface area contributed by atoms with E-state index in [1.807, 2.05) is 19.0 Å². The van der Waals surface area contributed by atoms with Crippen molar-refractivity contribution < 1.29 is 4.79 Å². The van der Waals surface area contributed by atoms with E-state index in [0.717, 1.165) is 12.0 Å². The van der Waals surface area contributed by atoms with Crippen molar-refractivity contribution in [1.29, 1.82) is 0 Å². The molecule has 0 spiro atoms. The quantitative estimate of drug-likeness (QED) is 0.671. The van der Waals surface area contributed by atoms with Gasteiger partial charge in [0.05, 0.1) is 0 Å². The zero-order valence-corrected chi connectivity index (χ0v) is 9.50. The summed E-state index contributed by atoms with van der Waals surface area (Å²) in [6.07, 6.45) is 5.70. The Labute approximate surface area is 86.3 Å². The molecule has 0 unspecified atom stereocenters. The summed E-state index contributed by atoms with van der Waals surface area (Å²) in [5, 5.41) is 0. The maximum Gasteiger partial charge on any atom is 0.159 e. The molecule has 0 N–H and O–H groups in total. The fraction of sp³-hybridized carbons (Fsp3) is 0.583. The smallest absolute Gasteiger partial charge is 0.159 e. The minimum absolute atomic E-state index is 0.316. The van der Waals surface area contributed by atoms with E-state index in [-0.39, 0.29) is 0 Å². The Morgan fingerprint density at radius 1 is 1.36 bits per heavy atom. The van der Waals surface area contributed by atoms with Gasteiger partial charge in [0.25, 0.3) is 0 Å². The Morgan fingerprint density at radius 3 is 2.50 bits per heavy atom. The summed E-state index contributed by atoms with van der Waals surface area (Å²) in [6.45, 7) is 4.14. The van der Waals surface area contributed by atoms with E-state index in [0.29, 0.717) is 18.1 Å². The van der Waals surface area contributed by atoms with Crippen LogP contribution in [0.2, 0.25) is 0 Å². The molecule has 0 heterocycles. The Morgan fingerprint density at radius 2 is 2.00 bits per heavy atom. The van der Waals surface area contributed by atoms with E-state index in [1.165, 1.54) is 5.57 Å². The molecule has 0 aromatic carbocycles. The normalized spacial score (nSPS) is 20.2. The molecule has 0 aromatic rings. The summed E-state index contributed by atoms with van der Waals surface area (Å²) in [6, 6.07) is 0. The Balaban J connectivity index is 2.91. The number of ketones is 1. The lowest BCUT2D eigenvalue weighted by Gasteiger charge is -2.18. The molecule has 0 bridgehead atoms. The number of carbonyl (C=O) groups is 1. The van der Waals surface area contributed by atoms with Gasteiger partial charge in [0.15, 0.2) is 5.78 Å². The lowest BCUT2D eigenvalue weighted by atomic mass is 9.88. The number of hydrogen-bond acceptors (Lipinski definition) is 2. The zero-order valence-electron chi connectivity index (χ0n) is 9.50. The highest BCUT2D eigenvalue weighted by Gasteiger charge is 2.18. The van der Waals surface area contributed by atoms with Crippen molar-refractivity contribution in [3.05, 3.63) is 23.4 Å². The summed E-state index contributed by atoms with van der Waals surface area (Å²) in [7, 11) is 4.01. The van der Waals surface area contributed by atoms with Crippen molar-refractivity contribution in [2.45, 2.75) is 26.7 Å². The molecular weight excluding hydrogens is 174 g/mol. The fourth-order valence-corrected chi connectivity index (χ4v) is 1.68. The molecule has 0 fully saturated rings. The van der Waals surface area contributed by atoms with Crippen LogP contribution in [0.25, 0.3) is 0 Å². The highest BCUT2D eigenvalue weighted by molar-refractivity contribution is 5.97. The molecular formula is C12H19NO. The van der Waals surface area contributed by atoms with E-state index < -0.39 is 0 Å². The van der Waals surface area contributed by atoms with Crippen molar-refractivity contribution in [3.63, 3.8) is 0 Å². The molecule has 0 saturated heterocycles. The first kappa shape index (κ1) is 11.0. The Bertz CT molecular complexity index is 285. The second-order valence-electron chi connectivity index (χ2n) is 4.35. The van der Waals surface area contributed by atoms with Crippen molar-refractivity contribution in [2.24, 2.45) is 5.92 Å². The van der Waals surface area contributed by atoms with Gasteiger partial charge in [-0.2, -0.15) is 0 Å². The van der Waals surface area contributed by atoms with Gasteiger partial charge in [0, 0.05) is 26.7 Å². The van der Waals surface area contributed by atoms with E-state index in [4.69, 9.17) is 0 Å². The Hall–Kier alpha value is -1.05. The summed E-state index contributed by atoms with van der Waals surface area (Å²) in [5.41, 5.74) is 2.24. The van der Waals surface area contributed by atoms with Gasteiger partial charge in [0.1, 0.15) is 0 Å². The molecule has 1 aliphatic rings. The number of allylic oxidation sites excluding steroid dienone is 3. The van der Waals surface area contributed by atoms with Crippen LogP contribution in [0.15, 0.2) is 23.4 Å². The first-order chi connectivity index (χ1) is 6.50. The van der Waals surface area contributed by atoms with E-state index in [9.17, 15) is 4.79 Å². The summed E-state index contributed by atoms with van der Waals surface area (Å²) >= 11 is 0. The average molecular weight is 193 g/mol. The third-order valence-corrected chi connectivity index (χ3v) is 2.35. The molecule has 0 saturated carbocycles. The molecule has 1 aliphatic carbocycles. The van der Waals surface area contributed by atoms with Gasteiger partial charge in [0.2, 0.25) is 0 Å². The van der Waals surface area contributed by atoms with Gasteiger partial charge in [-0.05, 0) is 23.5 Å². The van der Waals surface area contributed by atoms with Gasteiger partial charge >= 0.3 is 0 Å². The molecule has 2 heteroatoms. The summed E-state index contributed by atoms with van der Waals surface area (Å²) in [5.74, 6) is 0.657. The molecule has 0 aromatic heterocycles. The molecule has 0 radical (unpaired) electrons. The van der Waals surface area contributed by atoms with Crippen molar-refractivity contribution in [1.82, 2.24) is 4.90 Å². The van der Waals surface area contributed by atoms with Crippen molar-refractivity contribution >= 4 is 5.78 Å². The van der Waals surface area contributed by atoms with Gasteiger partial charge in [-0.25, -0.2) is 0 Å². The molecule has 0 amide bonds. The highest BCUT2D eigenvalue weighted by Crippen LogP contribution is 2.24.